The fourth-order valence-corrected chi connectivity index (χ4v) is 5.07. The highest BCUT2D eigenvalue weighted by molar-refractivity contribution is 5.10. The standard InChI is InChI=1S/C23H46N2O/c1-19(2,3)17-18(20(4,5)6)25(22(10,11)12)14-23(15-26-16-23)13-24(17)21(7,8)9/h17-18H,13-16H2,1-12H3. The van der Waals surface area contributed by atoms with Gasteiger partial charge in [-0.05, 0) is 52.4 Å². The van der Waals surface area contributed by atoms with Gasteiger partial charge >= 0.3 is 0 Å². The minimum Gasteiger partial charge on any atom is -0.380 e. The van der Waals surface area contributed by atoms with E-state index in [2.05, 4.69) is 92.9 Å². The lowest BCUT2D eigenvalue weighted by Gasteiger charge is -2.57. The Labute approximate surface area is 163 Å². The van der Waals surface area contributed by atoms with Gasteiger partial charge in [-0.15, -0.1) is 0 Å². The summed E-state index contributed by atoms with van der Waals surface area (Å²) < 4.78 is 5.78. The van der Waals surface area contributed by atoms with Crippen LogP contribution in [-0.2, 0) is 4.74 Å². The minimum atomic E-state index is 0.137. The van der Waals surface area contributed by atoms with Crippen molar-refractivity contribution in [1.29, 1.82) is 0 Å². The molecule has 0 saturated carbocycles. The summed E-state index contributed by atoms with van der Waals surface area (Å²) in [6, 6.07) is 0.975. The second kappa shape index (κ2) is 6.46. The zero-order valence-corrected chi connectivity index (χ0v) is 19.8. The smallest absolute Gasteiger partial charge is 0.0569 e. The van der Waals surface area contributed by atoms with E-state index in [-0.39, 0.29) is 27.3 Å². The SMILES string of the molecule is CC(C)(C)C1C(C(C)(C)C)N(C(C)(C)C)CC2(COC2)CN1C(C)(C)C. The van der Waals surface area contributed by atoms with Gasteiger partial charge in [-0.25, -0.2) is 0 Å². The lowest BCUT2D eigenvalue weighted by molar-refractivity contribution is -0.144. The van der Waals surface area contributed by atoms with Crippen molar-refractivity contribution in [2.45, 2.75) is 106 Å². The Morgan fingerprint density at radius 2 is 0.923 bits per heavy atom. The Morgan fingerprint density at radius 3 is 1.08 bits per heavy atom. The van der Waals surface area contributed by atoms with E-state index < -0.39 is 0 Å². The first kappa shape index (κ1) is 22.2. The van der Waals surface area contributed by atoms with E-state index in [9.17, 15) is 0 Å². The molecule has 0 aromatic carbocycles. The van der Waals surface area contributed by atoms with E-state index in [0.717, 1.165) is 26.3 Å². The van der Waals surface area contributed by atoms with Crippen LogP contribution in [0.5, 0.6) is 0 Å². The first-order valence-corrected chi connectivity index (χ1v) is 10.5. The number of rotatable bonds is 0. The first-order chi connectivity index (χ1) is 11.4. The average molecular weight is 367 g/mol. The van der Waals surface area contributed by atoms with Gasteiger partial charge in [-0.1, -0.05) is 41.5 Å². The second-order valence-electron chi connectivity index (χ2n) is 13.2. The monoisotopic (exact) mass is 366 g/mol. The molecule has 2 aliphatic rings. The van der Waals surface area contributed by atoms with Crippen molar-refractivity contribution in [3.63, 3.8) is 0 Å². The summed E-state index contributed by atoms with van der Waals surface area (Å²) in [6.07, 6.45) is 0. The van der Waals surface area contributed by atoms with Crippen molar-refractivity contribution in [2.75, 3.05) is 26.3 Å². The average Bonchev–Trinajstić information content (AvgIpc) is 2.49. The molecule has 154 valence electrons. The molecule has 1 spiro atoms. The summed E-state index contributed by atoms with van der Waals surface area (Å²) in [5.74, 6) is 0. The molecule has 2 saturated heterocycles. The molecule has 2 aliphatic heterocycles. The summed E-state index contributed by atoms with van der Waals surface area (Å²) in [7, 11) is 0. The molecule has 2 heterocycles. The van der Waals surface area contributed by atoms with Crippen LogP contribution in [0.25, 0.3) is 0 Å². The molecule has 0 bridgehead atoms. The van der Waals surface area contributed by atoms with E-state index in [1.807, 2.05) is 0 Å². The largest absolute Gasteiger partial charge is 0.380 e. The molecular weight excluding hydrogens is 320 g/mol. The molecule has 0 amide bonds. The number of ether oxygens (including phenoxy) is 1. The van der Waals surface area contributed by atoms with Gasteiger partial charge in [0.1, 0.15) is 0 Å². The molecule has 2 rings (SSSR count). The second-order valence-corrected chi connectivity index (χ2v) is 13.2. The molecular formula is C23H46N2O. The molecule has 3 heteroatoms. The Balaban J connectivity index is 2.70. The maximum atomic E-state index is 5.78. The van der Waals surface area contributed by atoms with Gasteiger partial charge < -0.3 is 4.74 Å². The van der Waals surface area contributed by atoms with Crippen LogP contribution in [0.3, 0.4) is 0 Å². The molecule has 2 atom stereocenters. The van der Waals surface area contributed by atoms with Gasteiger partial charge in [0, 0.05) is 41.7 Å². The van der Waals surface area contributed by atoms with Crippen LogP contribution in [0.2, 0.25) is 0 Å². The Kier molecular flexibility index (Phi) is 5.51. The Bertz CT molecular complexity index is 452. The highest BCUT2D eigenvalue weighted by atomic mass is 16.5. The molecule has 2 fully saturated rings. The van der Waals surface area contributed by atoms with Gasteiger partial charge in [-0.3, -0.25) is 9.80 Å². The van der Waals surface area contributed by atoms with E-state index in [4.69, 9.17) is 4.74 Å². The maximum absolute atomic E-state index is 5.78. The molecule has 2 unspecified atom stereocenters. The van der Waals surface area contributed by atoms with Crippen LogP contribution in [0, 0.1) is 16.2 Å². The number of hydrogen-bond donors (Lipinski definition) is 0. The fraction of sp³-hybridized carbons (Fsp3) is 1.00. The minimum absolute atomic E-state index is 0.137. The third-order valence-corrected chi connectivity index (χ3v) is 6.30. The topological polar surface area (TPSA) is 15.7 Å². The van der Waals surface area contributed by atoms with Gasteiger partial charge in [0.2, 0.25) is 0 Å². The third-order valence-electron chi connectivity index (χ3n) is 6.30. The van der Waals surface area contributed by atoms with Crippen LogP contribution < -0.4 is 0 Å². The Hall–Kier alpha value is -0.120. The highest BCUT2D eigenvalue weighted by Gasteiger charge is 2.57. The van der Waals surface area contributed by atoms with Crippen molar-refractivity contribution < 1.29 is 4.74 Å². The molecule has 26 heavy (non-hydrogen) atoms. The van der Waals surface area contributed by atoms with Crippen LogP contribution in [0.15, 0.2) is 0 Å². The van der Waals surface area contributed by atoms with Gasteiger partial charge in [0.25, 0.3) is 0 Å². The van der Waals surface area contributed by atoms with Crippen LogP contribution in [0.4, 0.5) is 0 Å². The summed E-state index contributed by atoms with van der Waals surface area (Å²) >= 11 is 0. The number of nitrogens with zero attached hydrogens (tertiary/aromatic N) is 2. The van der Waals surface area contributed by atoms with E-state index in [0.29, 0.717) is 12.1 Å². The zero-order valence-electron chi connectivity index (χ0n) is 19.8. The first-order valence-electron chi connectivity index (χ1n) is 10.5. The highest BCUT2D eigenvalue weighted by Crippen LogP contribution is 2.48. The van der Waals surface area contributed by atoms with E-state index >= 15 is 0 Å². The van der Waals surface area contributed by atoms with Crippen LogP contribution >= 0.6 is 0 Å². The molecule has 0 radical (unpaired) electrons. The lowest BCUT2D eigenvalue weighted by Crippen LogP contribution is -2.66. The van der Waals surface area contributed by atoms with Crippen molar-refractivity contribution >= 4 is 0 Å². The number of hydrogen-bond acceptors (Lipinski definition) is 3. The van der Waals surface area contributed by atoms with Crippen molar-refractivity contribution in [2.24, 2.45) is 16.2 Å². The van der Waals surface area contributed by atoms with Gasteiger partial charge in [0.05, 0.1) is 13.2 Å². The molecule has 0 N–H and O–H groups in total. The molecule has 0 aromatic heterocycles. The van der Waals surface area contributed by atoms with Crippen LogP contribution in [-0.4, -0.2) is 59.3 Å². The lowest BCUT2D eigenvalue weighted by atomic mass is 9.69. The molecule has 0 aliphatic carbocycles. The normalized spacial score (nSPS) is 29.5. The maximum Gasteiger partial charge on any atom is 0.0569 e. The summed E-state index contributed by atoms with van der Waals surface area (Å²) in [5, 5.41) is 0. The van der Waals surface area contributed by atoms with Crippen molar-refractivity contribution in [3.8, 4) is 0 Å². The van der Waals surface area contributed by atoms with E-state index in [1.165, 1.54) is 0 Å². The van der Waals surface area contributed by atoms with E-state index in [1.54, 1.807) is 0 Å². The zero-order chi connectivity index (χ0) is 20.3. The van der Waals surface area contributed by atoms with Gasteiger partial charge in [0.15, 0.2) is 0 Å². The predicted molar refractivity (Wildman–Crippen MR) is 113 cm³/mol. The fourth-order valence-electron chi connectivity index (χ4n) is 5.07. The quantitative estimate of drug-likeness (QED) is 0.597. The summed E-state index contributed by atoms with van der Waals surface area (Å²) in [4.78, 5) is 5.66. The summed E-state index contributed by atoms with van der Waals surface area (Å²) in [6.45, 7) is 33.1. The summed E-state index contributed by atoms with van der Waals surface area (Å²) in [5.41, 5.74) is 0.940. The van der Waals surface area contributed by atoms with Gasteiger partial charge in [-0.2, -0.15) is 0 Å². The molecule has 0 aromatic rings. The predicted octanol–water partition coefficient (Wildman–Crippen LogP) is 5.05. The van der Waals surface area contributed by atoms with Crippen LogP contribution in [0.1, 0.15) is 83.1 Å². The molecule has 3 nitrogen and oxygen atoms in total. The van der Waals surface area contributed by atoms with Crippen molar-refractivity contribution in [3.05, 3.63) is 0 Å². The van der Waals surface area contributed by atoms with Crippen molar-refractivity contribution in [1.82, 2.24) is 9.80 Å². The third kappa shape index (κ3) is 4.31. The Morgan fingerprint density at radius 1 is 0.615 bits per heavy atom.